The fourth-order valence-corrected chi connectivity index (χ4v) is 4.74. The molecule has 0 radical (unpaired) electrons. The summed E-state index contributed by atoms with van der Waals surface area (Å²) in [6.07, 6.45) is 2.25. The van der Waals surface area contributed by atoms with Gasteiger partial charge in [0.25, 0.3) is 0 Å². The maximum atomic E-state index is 8.62. The van der Waals surface area contributed by atoms with Crippen molar-refractivity contribution in [2.45, 2.75) is 25.4 Å². The predicted molar refractivity (Wildman–Crippen MR) is 134 cm³/mol. The molecule has 0 bridgehead atoms. The summed E-state index contributed by atoms with van der Waals surface area (Å²) in [5.41, 5.74) is 9.80. The molecule has 3 aromatic carbocycles. The fraction of sp³-hybridized carbons (Fsp3) is 0.333. The monoisotopic (exact) mass is 464 g/mol. The van der Waals surface area contributed by atoms with Crippen LogP contribution in [0, 0.1) is 0 Å². The highest BCUT2D eigenvalue weighted by Gasteiger charge is 2.26. The largest absolute Gasteiger partial charge is 0.302 e. The highest BCUT2D eigenvalue weighted by molar-refractivity contribution is 6.30. The molecular weight excluding hydrogens is 432 g/mol. The first-order chi connectivity index (χ1) is 16.2. The lowest BCUT2D eigenvalue weighted by Crippen LogP contribution is -2.48. The highest BCUT2D eigenvalue weighted by Crippen LogP contribution is 2.30. The molecule has 5 nitrogen and oxygen atoms in total. The molecule has 3 N–H and O–H groups in total. The SMILES string of the molecule is ONNCc1ccc(CCCN2CCN([C@H](c3ccccc3)c3ccc(Cl)cc3)CC2)cc1. The van der Waals surface area contributed by atoms with Crippen LogP contribution in [-0.2, 0) is 13.0 Å². The fourth-order valence-electron chi connectivity index (χ4n) is 4.61. The zero-order valence-corrected chi connectivity index (χ0v) is 19.7. The molecule has 1 fully saturated rings. The number of benzene rings is 3. The van der Waals surface area contributed by atoms with Crippen molar-refractivity contribution in [2.24, 2.45) is 0 Å². The van der Waals surface area contributed by atoms with Crippen molar-refractivity contribution in [3.8, 4) is 0 Å². The Morgan fingerprint density at radius 3 is 2.09 bits per heavy atom. The second kappa shape index (κ2) is 12.3. The van der Waals surface area contributed by atoms with Crippen LogP contribution in [0.4, 0.5) is 0 Å². The molecule has 0 aromatic heterocycles. The van der Waals surface area contributed by atoms with Gasteiger partial charge in [-0.25, -0.2) is 5.43 Å². The maximum Gasteiger partial charge on any atom is 0.0602 e. The molecule has 3 aromatic rings. The number of nitrogens with one attached hydrogen (secondary N) is 2. The Hall–Kier alpha value is -2.25. The minimum absolute atomic E-state index is 0.264. The minimum atomic E-state index is 0.264. The van der Waals surface area contributed by atoms with Crippen LogP contribution in [-0.4, -0.2) is 47.7 Å². The molecular formula is C27H33ClN4O. The number of nitrogens with zero attached hydrogens (tertiary/aromatic N) is 2. The molecule has 0 amide bonds. The number of halogens is 1. The summed E-state index contributed by atoms with van der Waals surface area (Å²) in [5, 5.41) is 9.40. The smallest absolute Gasteiger partial charge is 0.0602 e. The van der Waals surface area contributed by atoms with Crippen molar-refractivity contribution in [1.82, 2.24) is 20.8 Å². The van der Waals surface area contributed by atoms with E-state index in [0.29, 0.717) is 6.54 Å². The molecule has 4 rings (SSSR count). The number of aryl methyl sites for hydroxylation is 1. The van der Waals surface area contributed by atoms with E-state index >= 15 is 0 Å². The van der Waals surface area contributed by atoms with Crippen LogP contribution in [0.3, 0.4) is 0 Å². The van der Waals surface area contributed by atoms with Crippen LogP contribution in [0.2, 0.25) is 5.02 Å². The van der Waals surface area contributed by atoms with E-state index in [1.807, 2.05) is 17.7 Å². The molecule has 174 valence electrons. The second-order valence-corrected chi connectivity index (χ2v) is 9.06. The van der Waals surface area contributed by atoms with E-state index in [0.717, 1.165) is 56.2 Å². The molecule has 0 spiro atoms. The number of rotatable bonds is 10. The maximum absolute atomic E-state index is 8.62. The van der Waals surface area contributed by atoms with Gasteiger partial charge in [-0.05, 0) is 53.8 Å². The van der Waals surface area contributed by atoms with Gasteiger partial charge in [0.2, 0.25) is 0 Å². The molecule has 0 unspecified atom stereocenters. The van der Waals surface area contributed by atoms with Gasteiger partial charge in [-0.2, -0.15) is 0 Å². The zero-order chi connectivity index (χ0) is 22.9. The van der Waals surface area contributed by atoms with Crippen molar-refractivity contribution in [3.63, 3.8) is 0 Å². The Balaban J connectivity index is 1.29. The standard InChI is InChI=1S/C27H33ClN4O/c28-26-14-12-25(13-15-26)27(24-6-2-1-3-7-24)32-19-17-31(18-20-32)16-4-5-22-8-10-23(11-9-22)21-29-30-33/h1-3,6-15,27,29-30,33H,4-5,16-21H2/t27-/m1/s1. The van der Waals surface area contributed by atoms with Crippen LogP contribution < -0.4 is 11.0 Å². The van der Waals surface area contributed by atoms with Gasteiger partial charge in [-0.3, -0.25) is 4.90 Å². The Morgan fingerprint density at radius 1 is 0.788 bits per heavy atom. The molecule has 1 aliphatic heterocycles. The van der Waals surface area contributed by atoms with E-state index in [2.05, 4.69) is 82.0 Å². The van der Waals surface area contributed by atoms with Crippen LogP contribution >= 0.6 is 11.6 Å². The van der Waals surface area contributed by atoms with E-state index in [4.69, 9.17) is 16.8 Å². The molecule has 1 aliphatic rings. The van der Waals surface area contributed by atoms with Crippen LogP contribution in [0.25, 0.3) is 0 Å². The van der Waals surface area contributed by atoms with Gasteiger partial charge < -0.3 is 10.1 Å². The third kappa shape index (κ3) is 6.87. The number of hydrazine groups is 1. The second-order valence-electron chi connectivity index (χ2n) is 8.63. The highest BCUT2D eigenvalue weighted by atomic mass is 35.5. The third-order valence-electron chi connectivity index (χ3n) is 6.41. The van der Waals surface area contributed by atoms with Crippen molar-refractivity contribution < 1.29 is 5.21 Å². The topological polar surface area (TPSA) is 50.8 Å². The molecule has 33 heavy (non-hydrogen) atoms. The lowest BCUT2D eigenvalue weighted by Gasteiger charge is -2.40. The number of hydrogen-bond donors (Lipinski definition) is 3. The van der Waals surface area contributed by atoms with Gasteiger partial charge >= 0.3 is 0 Å². The van der Waals surface area contributed by atoms with Crippen molar-refractivity contribution >= 4 is 11.6 Å². The molecule has 0 saturated carbocycles. The van der Waals surface area contributed by atoms with E-state index in [1.54, 1.807) is 0 Å². The lowest BCUT2D eigenvalue weighted by molar-refractivity contribution is 0.109. The summed E-state index contributed by atoms with van der Waals surface area (Å²) >= 11 is 6.15. The lowest BCUT2D eigenvalue weighted by atomic mass is 9.96. The first-order valence-corrected chi connectivity index (χ1v) is 12.1. The van der Waals surface area contributed by atoms with Gasteiger partial charge in [0, 0.05) is 37.7 Å². The first-order valence-electron chi connectivity index (χ1n) is 11.7. The van der Waals surface area contributed by atoms with E-state index < -0.39 is 0 Å². The number of piperazine rings is 1. The molecule has 1 saturated heterocycles. The summed E-state index contributed by atoms with van der Waals surface area (Å²) in [6.45, 7) is 6.03. The Labute approximate surface area is 201 Å². The Morgan fingerprint density at radius 2 is 1.42 bits per heavy atom. The van der Waals surface area contributed by atoms with Crippen molar-refractivity contribution in [2.75, 3.05) is 32.7 Å². The molecule has 6 heteroatoms. The summed E-state index contributed by atoms with van der Waals surface area (Å²) in [4.78, 5) is 5.19. The van der Waals surface area contributed by atoms with Crippen LogP contribution in [0.15, 0.2) is 78.9 Å². The van der Waals surface area contributed by atoms with Gasteiger partial charge in [0.05, 0.1) is 6.04 Å². The number of hydrogen-bond acceptors (Lipinski definition) is 5. The van der Waals surface area contributed by atoms with Gasteiger partial charge in [-0.1, -0.05) is 78.3 Å². The predicted octanol–water partition coefficient (Wildman–Crippen LogP) is 4.66. The Bertz CT molecular complexity index is 958. The summed E-state index contributed by atoms with van der Waals surface area (Å²) < 4.78 is 0. The minimum Gasteiger partial charge on any atom is -0.302 e. The average molecular weight is 465 g/mol. The quantitative estimate of drug-likeness (QED) is 0.381. The van der Waals surface area contributed by atoms with Crippen LogP contribution in [0.1, 0.15) is 34.7 Å². The Kier molecular flexibility index (Phi) is 8.89. The normalized spacial score (nSPS) is 16.1. The zero-order valence-electron chi connectivity index (χ0n) is 19.0. The van der Waals surface area contributed by atoms with Gasteiger partial charge in [-0.15, -0.1) is 5.59 Å². The van der Waals surface area contributed by atoms with Gasteiger partial charge in [0.1, 0.15) is 0 Å². The molecule has 1 heterocycles. The summed E-state index contributed by atoms with van der Waals surface area (Å²) in [5.74, 6) is 0. The average Bonchev–Trinajstić information content (AvgIpc) is 2.86. The van der Waals surface area contributed by atoms with Crippen molar-refractivity contribution in [1.29, 1.82) is 0 Å². The van der Waals surface area contributed by atoms with E-state index in [1.165, 1.54) is 16.7 Å². The molecule has 0 aliphatic carbocycles. The van der Waals surface area contributed by atoms with Gasteiger partial charge in [0.15, 0.2) is 0 Å². The summed E-state index contributed by atoms with van der Waals surface area (Å²) in [7, 11) is 0. The third-order valence-corrected chi connectivity index (χ3v) is 6.66. The van der Waals surface area contributed by atoms with E-state index in [-0.39, 0.29) is 6.04 Å². The van der Waals surface area contributed by atoms with Crippen molar-refractivity contribution in [3.05, 3.63) is 106 Å². The van der Waals surface area contributed by atoms with Crippen LogP contribution in [0.5, 0.6) is 0 Å². The first kappa shape index (κ1) is 23.9. The molecule has 1 atom stereocenters. The van der Waals surface area contributed by atoms with E-state index in [9.17, 15) is 0 Å². The summed E-state index contributed by atoms with van der Waals surface area (Å²) in [6, 6.07) is 28.0.